The molecule has 1 heterocycles. The van der Waals surface area contributed by atoms with Gasteiger partial charge in [0.15, 0.2) is 0 Å². The summed E-state index contributed by atoms with van der Waals surface area (Å²) in [6.45, 7) is 0. The quantitative estimate of drug-likeness (QED) is 0.720. The summed E-state index contributed by atoms with van der Waals surface area (Å²) in [6, 6.07) is 16.5. The van der Waals surface area contributed by atoms with E-state index in [4.69, 9.17) is 0 Å². The van der Waals surface area contributed by atoms with Gasteiger partial charge in [0.05, 0.1) is 9.89 Å². The zero-order valence-corrected chi connectivity index (χ0v) is 12.6. The Balaban J connectivity index is 1.93. The molecule has 0 saturated heterocycles. The van der Waals surface area contributed by atoms with E-state index in [-0.39, 0.29) is 0 Å². The number of halogens is 1. The Bertz CT molecular complexity index is 699. The maximum atomic E-state index is 10.3. The Hall–Kier alpha value is -1.16. The fourth-order valence-corrected chi connectivity index (χ4v) is 3.52. The molecule has 0 aliphatic heterocycles. The number of rotatable bonds is 3. The highest BCUT2D eigenvalue weighted by molar-refractivity contribution is 9.11. The van der Waals surface area contributed by atoms with Crippen LogP contribution in [0.15, 0.2) is 57.7 Å². The highest BCUT2D eigenvalue weighted by atomic mass is 79.9. The van der Waals surface area contributed by atoms with E-state index < -0.39 is 6.10 Å². The minimum atomic E-state index is -0.451. The SMILES string of the molecule is OC(Cc1cccc2ccccc12)c1csc(Br)c1. The van der Waals surface area contributed by atoms with Crippen LogP contribution < -0.4 is 0 Å². The minimum Gasteiger partial charge on any atom is -0.388 e. The van der Waals surface area contributed by atoms with Crippen LogP contribution in [-0.4, -0.2) is 5.11 Å². The zero-order valence-electron chi connectivity index (χ0n) is 10.2. The second-order valence-corrected chi connectivity index (χ2v) is 6.83. The molecule has 1 unspecified atom stereocenters. The molecule has 3 rings (SSSR count). The van der Waals surface area contributed by atoms with Gasteiger partial charge < -0.3 is 5.11 Å². The molecule has 1 atom stereocenters. The van der Waals surface area contributed by atoms with Gasteiger partial charge in [-0.05, 0) is 49.3 Å². The molecule has 2 aromatic carbocycles. The largest absolute Gasteiger partial charge is 0.388 e. The van der Waals surface area contributed by atoms with Gasteiger partial charge in [-0.2, -0.15) is 0 Å². The molecular formula is C16H13BrOS. The molecule has 0 aliphatic rings. The van der Waals surface area contributed by atoms with Gasteiger partial charge >= 0.3 is 0 Å². The van der Waals surface area contributed by atoms with Gasteiger partial charge in [-0.15, -0.1) is 11.3 Å². The Morgan fingerprint density at radius 1 is 1.11 bits per heavy atom. The van der Waals surface area contributed by atoms with E-state index in [2.05, 4.69) is 40.2 Å². The lowest BCUT2D eigenvalue weighted by molar-refractivity contribution is 0.179. The van der Waals surface area contributed by atoms with E-state index >= 15 is 0 Å². The zero-order chi connectivity index (χ0) is 13.2. The van der Waals surface area contributed by atoms with E-state index in [1.165, 1.54) is 16.3 Å². The fraction of sp³-hybridized carbons (Fsp3) is 0.125. The molecule has 0 radical (unpaired) electrons. The molecule has 0 bridgehead atoms. The summed E-state index contributed by atoms with van der Waals surface area (Å²) in [6.07, 6.45) is 0.193. The van der Waals surface area contributed by atoms with Crippen molar-refractivity contribution in [3.8, 4) is 0 Å². The van der Waals surface area contributed by atoms with E-state index in [0.717, 1.165) is 9.35 Å². The summed E-state index contributed by atoms with van der Waals surface area (Å²) < 4.78 is 1.06. The Morgan fingerprint density at radius 2 is 1.89 bits per heavy atom. The third-order valence-electron chi connectivity index (χ3n) is 3.27. The van der Waals surface area contributed by atoms with Gasteiger partial charge in [0.1, 0.15) is 0 Å². The number of aliphatic hydroxyl groups excluding tert-OH is 1. The van der Waals surface area contributed by atoms with Crippen molar-refractivity contribution in [1.29, 1.82) is 0 Å². The van der Waals surface area contributed by atoms with Crippen LogP contribution in [0.4, 0.5) is 0 Å². The highest BCUT2D eigenvalue weighted by Gasteiger charge is 2.12. The van der Waals surface area contributed by atoms with Gasteiger partial charge in [-0.3, -0.25) is 0 Å². The Morgan fingerprint density at radius 3 is 2.68 bits per heavy atom. The van der Waals surface area contributed by atoms with Crippen LogP contribution in [-0.2, 0) is 6.42 Å². The van der Waals surface area contributed by atoms with E-state index in [0.29, 0.717) is 6.42 Å². The summed E-state index contributed by atoms with van der Waals surface area (Å²) in [7, 11) is 0. The van der Waals surface area contributed by atoms with Crippen LogP contribution in [0, 0.1) is 0 Å². The van der Waals surface area contributed by atoms with E-state index in [1.54, 1.807) is 11.3 Å². The molecule has 0 spiro atoms. The standard InChI is InChI=1S/C16H13BrOS/c17-16-9-13(10-19-16)15(18)8-12-6-3-5-11-4-1-2-7-14(11)12/h1-7,9-10,15,18H,8H2. The van der Waals surface area contributed by atoms with Crippen molar-refractivity contribution in [2.45, 2.75) is 12.5 Å². The number of benzene rings is 2. The average molecular weight is 333 g/mol. The lowest BCUT2D eigenvalue weighted by Crippen LogP contribution is -2.00. The second kappa shape index (κ2) is 5.45. The van der Waals surface area contributed by atoms with Crippen molar-refractivity contribution in [2.75, 3.05) is 0 Å². The predicted octanol–water partition coefficient (Wildman–Crippen LogP) is 4.94. The van der Waals surface area contributed by atoms with E-state index in [9.17, 15) is 5.11 Å². The summed E-state index contributed by atoms with van der Waals surface area (Å²) in [5.74, 6) is 0. The topological polar surface area (TPSA) is 20.2 Å². The number of thiophene rings is 1. The fourth-order valence-electron chi connectivity index (χ4n) is 2.29. The Labute approximate surface area is 124 Å². The highest BCUT2D eigenvalue weighted by Crippen LogP contribution is 2.29. The first-order valence-corrected chi connectivity index (χ1v) is 7.80. The van der Waals surface area contributed by atoms with Gasteiger partial charge in [0.25, 0.3) is 0 Å². The van der Waals surface area contributed by atoms with Crippen LogP contribution in [0.1, 0.15) is 17.2 Å². The minimum absolute atomic E-state index is 0.451. The molecule has 96 valence electrons. The number of aliphatic hydroxyl groups is 1. The molecule has 0 fully saturated rings. The van der Waals surface area contributed by atoms with Crippen molar-refractivity contribution in [3.05, 3.63) is 68.8 Å². The monoisotopic (exact) mass is 332 g/mol. The average Bonchev–Trinajstić information content (AvgIpc) is 2.86. The van der Waals surface area contributed by atoms with Gasteiger partial charge in [-0.25, -0.2) is 0 Å². The van der Waals surface area contributed by atoms with Gasteiger partial charge in [0.2, 0.25) is 0 Å². The van der Waals surface area contributed by atoms with Crippen molar-refractivity contribution in [2.24, 2.45) is 0 Å². The molecule has 1 aromatic heterocycles. The third kappa shape index (κ3) is 2.73. The van der Waals surface area contributed by atoms with E-state index in [1.807, 2.05) is 29.6 Å². The molecule has 0 aliphatic carbocycles. The lowest BCUT2D eigenvalue weighted by atomic mass is 9.98. The molecule has 1 N–H and O–H groups in total. The normalized spacial score (nSPS) is 12.7. The molecule has 3 aromatic rings. The first-order valence-electron chi connectivity index (χ1n) is 6.12. The summed E-state index contributed by atoms with van der Waals surface area (Å²) in [5, 5.41) is 14.8. The Kier molecular flexibility index (Phi) is 3.69. The van der Waals surface area contributed by atoms with Crippen molar-refractivity contribution < 1.29 is 5.11 Å². The second-order valence-electron chi connectivity index (χ2n) is 4.54. The molecular weight excluding hydrogens is 320 g/mol. The van der Waals surface area contributed by atoms with Crippen molar-refractivity contribution in [3.63, 3.8) is 0 Å². The first kappa shape index (κ1) is 12.9. The molecule has 3 heteroatoms. The maximum Gasteiger partial charge on any atom is 0.0839 e. The van der Waals surface area contributed by atoms with Crippen LogP contribution >= 0.6 is 27.3 Å². The lowest BCUT2D eigenvalue weighted by Gasteiger charge is -2.11. The third-order valence-corrected chi connectivity index (χ3v) is 4.79. The summed E-state index contributed by atoms with van der Waals surface area (Å²) in [4.78, 5) is 0. The van der Waals surface area contributed by atoms with Gasteiger partial charge in [0, 0.05) is 6.42 Å². The van der Waals surface area contributed by atoms with Crippen LogP contribution in [0.25, 0.3) is 10.8 Å². The van der Waals surface area contributed by atoms with Crippen LogP contribution in [0.2, 0.25) is 0 Å². The molecule has 1 nitrogen and oxygen atoms in total. The molecule has 19 heavy (non-hydrogen) atoms. The molecule has 0 amide bonds. The summed E-state index contributed by atoms with van der Waals surface area (Å²) in [5.41, 5.74) is 2.16. The smallest absolute Gasteiger partial charge is 0.0839 e. The summed E-state index contributed by atoms with van der Waals surface area (Å²) >= 11 is 5.04. The maximum absolute atomic E-state index is 10.3. The van der Waals surface area contributed by atoms with Crippen LogP contribution in [0.3, 0.4) is 0 Å². The predicted molar refractivity (Wildman–Crippen MR) is 84.6 cm³/mol. The van der Waals surface area contributed by atoms with Crippen LogP contribution in [0.5, 0.6) is 0 Å². The van der Waals surface area contributed by atoms with Crippen molar-refractivity contribution >= 4 is 38.0 Å². The van der Waals surface area contributed by atoms with Gasteiger partial charge in [-0.1, -0.05) is 42.5 Å². The number of hydrogen-bond donors (Lipinski definition) is 1. The number of fused-ring (bicyclic) bond motifs is 1. The number of hydrogen-bond acceptors (Lipinski definition) is 2. The molecule has 0 saturated carbocycles. The van der Waals surface area contributed by atoms with Crippen molar-refractivity contribution in [1.82, 2.24) is 0 Å². The first-order chi connectivity index (χ1) is 9.24.